The zero-order valence-corrected chi connectivity index (χ0v) is 16.4. The molecule has 0 saturated heterocycles. The van der Waals surface area contributed by atoms with Crippen molar-refractivity contribution in [3.8, 4) is 0 Å². The van der Waals surface area contributed by atoms with Crippen LogP contribution in [0.15, 0.2) is 0 Å². The van der Waals surface area contributed by atoms with Crippen molar-refractivity contribution in [2.75, 3.05) is 0 Å². The van der Waals surface area contributed by atoms with Crippen LogP contribution in [0.3, 0.4) is 0 Å². The molecule has 0 heterocycles. The number of hydrogen-bond donors (Lipinski definition) is 0. The Balaban J connectivity index is 2.92. The molecule has 0 aromatic rings. The van der Waals surface area contributed by atoms with Gasteiger partial charge in [0.2, 0.25) is 0 Å². The molecule has 0 saturated carbocycles. The van der Waals surface area contributed by atoms with E-state index in [0.717, 1.165) is 6.42 Å². The maximum Gasteiger partial charge on any atom is -0.0417 e. The molecule has 0 spiro atoms. The molecule has 23 heavy (non-hydrogen) atoms. The van der Waals surface area contributed by atoms with Gasteiger partial charge in [-0.2, -0.15) is 0 Å². The van der Waals surface area contributed by atoms with Crippen LogP contribution in [-0.2, 0) is 0 Å². The second kappa shape index (κ2) is 22.0. The van der Waals surface area contributed by atoms with Crippen LogP contribution < -0.4 is 0 Å². The molecule has 0 unspecified atom stereocenters. The summed E-state index contributed by atoms with van der Waals surface area (Å²) in [6, 6.07) is 0. The Bertz CT molecular complexity index is 164. The Kier molecular flexibility index (Phi) is 22.0. The van der Waals surface area contributed by atoms with E-state index >= 15 is 0 Å². The summed E-state index contributed by atoms with van der Waals surface area (Å²) in [5.41, 5.74) is 0. The van der Waals surface area contributed by atoms with E-state index in [0.29, 0.717) is 0 Å². The summed E-state index contributed by atoms with van der Waals surface area (Å²) >= 11 is 0. The molecule has 0 N–H and O–H groups in total. The molecule has 0 heteroatoms. The Morgan fingerprint density at radius 2 is 0.696 bits per heavy atom. The molecule has 0 aliphatic heterocycles. The first kappa shape index (κ1) is 23.0. The quantitative estimate of drug-likeness (QED) is 0.196. The van der Waals surface area contributed by atoms with E-state index < -0.39 is 0 Å². The standard InChI is InChI=1S/C23H46/c1-3-5-7-9-11-13-15-17-19-21-23-22-20-18-16-14-12-10-8-6-4-2/h4H,1,3,5-23H2,2H3. The van der Waals surface area contributed by atoms with Gasteiger partial charge in [0.15, 0.2) is 0 Å². The van der Waals surface area contributed by atoms with Crippen LogP contribution in [0.5, 0.6) is 0 Å². The SMILES string of the molecule is [CH2]CCCCCCCCCCCCCCCCCCCC[CH]C. The lowest BCUT2D eigenvalue weighted by Gasteiger charge is -2.04. The van der Waals surface area contributed by atoms with Crippen LogP contribution >= 0.6 is 0 Å². The van der Waals surface area contributed by atoms with Crippen LogP contribution in [0.25, 0.3) is 0 Å². The summed E-state index contributed by atoms with van der Waals surface area (Å²) < 4.78 is 0. The summed E-state index contributed by atoms with van der Waals surface area (Å²) in [4.78, 5) is 0. The Morgan fingerprint density at radius 3 is 0.957 bits per heavy atom. The molecule has 0 nitrogen and oxygen atoms in total. The lowest BCUT2D eigenvalue weighted by atomic mass is 10.0. The maximum atomic E-state index is 3.90. The molecule has 0 amide bonds. The van der Waals surface area contributed by atoms with Gasteiger partial charge in [0.05, 0.1) is 0 Å². The molecular formula is C23H46. The van der Waals surface area contributed by atoms with Crippen molar-refractivity contribution in [1.82, 2.24) is 0 Å². The van der Waals surface area contributed by atoms with Crippen LogP contribution in [0.4, 0.5) is 0 Å². The van der Waals surface area contributed by atoms with Crippen molar-refractivity contribution in [2.45, 2.75) is 135 Å². The molecule has 0 aliphatic rings. The third kappa shape index (κ3) is 22.0. The van der Waals surface area contributed by atoms with Gasteiger partial charge in [-0.15, -0.1) is 0 Å². The van der Waals surface area contributed by atoms with Crippen LogP contribution in [0.1, 0.15) is 135 Å². The Hall–Kier alpha value is 0. The van der Waals surface area contributed by atoms with E-state index in [4.69, 9.17) is 0 Å². The van der Waals surface area contributed by atoms with Gasteiger partial charge < -0.3 is 0 Å². The van der Waals surface area contributed by atoms with E-state index in [-0.39, 0.29) is 0 Å². The summed E-state index contributed by atoms with van der Waals surface area (Å²) in [5, 5.41) is 0. The van der Waals surface area contributed by atoms with Crippen LogP contribution in [0.2, 0.25) is 0 Å². The molecule has 138 valence electrons. The van der Waals surface area contributed by atoms with Crippen molar-refractivity contribution < 1.29 is 0 Å². The third-order valence-electron chi connectivity index (χ3n) is 4.99. The second-order valence-electron chi connectivity index (χ2n) is 7.41. The van der Waals surface area contributed by atoms with Crippen molar-refractivity contribution in [3.63, 3.8) is 0 Å². The first-order valence-corrected chi connectivity index (χ1v) is 11.0. The maximum absolute atomic E-state index is 3.90. The second-order valence-corrected chi connectivity index (χ2v) is 7.41. The number of rotatable bonds is 20. The van der Waals surface area contributed by atoms with E-state index in [9.17, 15) is 0 Å². The minimum absolute atomic E-state index is 1.12. The zero-order chi connectivity index (χ0) is 16.8. The fourth-order valence-corrected chi connectivity index (χ4v) is 3.35. The minimum atomic E-state index is 1.12. The molecule has 0 rings (SSSR count). The average Bonchev–Trinajstić information content (AvgIpc) is 2.57. The number of unbranched alkanes of at least 4 members (excludes halogenated alkanes) is 20. The smallest absolute Gasteiger partial charge is 0.0417 e. The highest BCUT2D eigenvalue weighted by Crippen LogP contribution is 2.14. The van der Waals surface area contributed by atoms with Crippen LogP contribution in [-0.4, -0.2) is 0 Å². The van der Waals surface area contributed by atoms with Gasteiger partial charge in [0, 0.05) is 0 Å². The largest absolute Gasteiger partial charge is 0.0623 e. The zero-order valence-electron chi connectivity index (χ0n) is 16.4. The van der Waals surface area contributed by atoms with Crippen LogP contribution in [0, 0.1) is 13.3 Å². The predicted octanol–water partition coefficient (Wildman–Crippen LogP) is 8.85. The molecule has 0 bridgehead atoms. The summed E-state index contributed by atoms with van der Waals surface area (Å²) in [6.45, 7) is 6.07. The summed E-state index contributed by atoms with van der Waals surface area (Å²) in [5.74, 6) is 0. The molecule has 0 aromatic carbocycles. The van der Waals surface area contributed by atoms with Crippen molar-refractivity contribution in [1.29, 1.82) is 0 Å². The first-order chi connectivity index (χ1) is 11.4. The third-order valence-corrected chi connectivity index (χ3v) is 4.99. The molecule has 2 radical (unpaired) electrons. The molecular weight excluding hydrogens is 276 g/mol. The van der Waals surface area contributed by atoms with Gasteiger partial charge in [0.25, 0.3) is 0 Å². The number of hydrogen-bond acceptors (Lipinski definition) is 0. The van der Waals surface area contributed by atoms with Crippen molar-refractivity contribution in [2.24, 2.45) is 0 Å². The molecule has 0 aromatic heterocycles. The average molecular weight is 323 g/mol. The van der Waals surface area contributed by atoms with Gasteiger partial charge >= 0.3 is 0 Å². The van der Waals surface area contributed by atoms with Crippen molar-refractivity contribution in [3.05, 3.63) is 13.3 Å². The van der Waals surface area contributed by atoms with Gasteiger partial charge in [-0.25, -0.2) is 0 Å². The highest BCUT2D eigenvalue weighted by Gasteiger charge is 1.95. The van der Waals surface area contributed by atoms with E-state index in [1.54, 1.807) is 0 Å². The normalized spacial score (nSPS) is 11.2. The summed E-state index contributed by atoms with van der Waals surface area (Å²) in [7, 11) is 0. The topological polar surface area (TPSA) is 0 Å². The highest BCUT2D eigenvalue weighted by molar-refractivity contribution is 4.56. The van der Waals surface area contributed by atoms with Gasteiger partial charge in [-0.3, -0.25) is 0 Å². The van der Waals surface area contributed by atoms with E-state index in [1.807, 2.05) is 0 Å². The van der Waals surface area contributed by atoms with E-state index in [1.165, 1.54) is 122 Å². The van der Waals surface area contributed by atoms with Gasteiger partial charge in [-0.05, 0) is 6.42 Å². The monoisotopic (exact) mass is 322 g/mol. The summed E-state index contributed by atoms with van der Waals surface area (Å²) in [6.07, 6.45) is 30.9. The highest BCUT2D eigenvalue weighted by atomic mass is 14.0. The fourth-order valence-electron chi connectivity index (χ4n) is 3.35. The fraction of sp³-hybridized carbons (Fsp3) is 0.913. The molecule has 0 fully saturated rings. The Labute approximate surface area is 149 Å². The minimum Gasteiger partial charge on any atom is -0.0623 e. The Morgan fingerprint density at radius 1 is 0.435 bits per heavy atom. The van der Waals surface area contributed by atoms with E-state index in [2.05, 4.69) is 20.3 Å². The van der Waals surface area contributed by atoms with Gasteiger partial charge in [0.1, 0.15) is 0 Å². The lowest BCUT2D eigenvalue weighted by Crippen LogP contribution is -1.84. The molecule has 0 aliphatic carbocycles. The lowest BCUT2D eigenvalue weighted by molar-refractivity contribution is 0.524. The predicted molar refractivity (Wildman–Crippen MR) is 108 cm³/mol. The molecule has 0 atom stereocenters. The van der Waals surface area contributed by atoms with Crippen molar-refractivity contribution >= 4 is 0 Å². The first-order valence-electron chi connectivity index (χ1n) is 11.0. The van der Waals surface area contributed by atoms with Gasteiger partial charge in [-0.1, -0.05) is 142 Å².